The molecule has 0 amide bonds. The molecule has 4 saturated carbocycles. The number of aliphatic hydroxyl groups is 2. The van der Waals surface area contributed by atoms with Crippen molar-refractivity contribution in [2.75, 3.05) is 13.2 Å². The van der Waals surface area contributed by atoms with Crippen LogP contribution >= 0.6 is 0 Å². The average molecular weight is 509 g/mol. The second kappa shape index (κ2) is 9.39. The molecule has 36 heavy (non-hydrogen) atoms. The van der Waals surface area contributed by atoms with E-state index in [-0.39, 0.29) is 43.2 Å². The van der Waals surface area contributed by atoms with E-state index in [0.29, 0.717) is 51.4 Å². The van der Waals surface area contributed by atoms with Gasteiger partial charge in [0.1, 0.15) is 12.7 Å². The Balaban J connectivity index is 1.65. The van der Waals surface area contributed by atoms with Gasteiger partial charge in [0.2, 0.25) is 0 Å². The number of hydrogen-bond acceptors (Lipinski definition) is 9. The van der Waals surface area contributed by atoms with E-state index >= 15 is 0 Å². The maximum Gasteiger partial charge on any atom is 0.303 e. The second-order valence-corrected chi connectivity index (χ2v) is 11.9. The van der Waals surface area contributed by atoms with Gasteiger partial charge < -0.3 is 24.4 Å². The zero-order valence-electron chi connectivity index (χ0n) is 21.8. The molecule has 0 bridgehead atoms. The molecule has 0 radical (unpaired) electrons. The number of ketones is 1. The summed E-state index contributed by atoms with van der Waals surface area (Å²) in [7, 11) is 0. The van der Waals surface area contributed by atoms with Crippen LogP contribution in [-0.4, -0.2) is 64.4 Å². The number of esters is 3. The minimum Gasteiger partial charge on any atom is -0.465 e. The van der Waals surface area contributed by atoms with E-state index in [0.717, 1.165) is 0 Å². The number of fused-ring (bicyclic) bond motifs is 5. The number of hydrogen-bond donors (Lipinski definition) is 2. The van der Waals surface area contributed by atoms with E-state index in [1.165, 1.54) is 20.8 Å². The van der Waals surface area contributed by atoms with Crippen LogP contribution in [0.5, 0.6) is 0 Å². The van der Waals surface area contributed by atoms with Crippen LogP contribution in [0.25, 0.3) is 0 Å². The normalized spacial score (nSPS) is 43.4. The Morgan fingerprint density at radius 1 is 0.806 bits per heavy atom. The van der Waals surface area contributed by atoms with Gasteiger partial charge in [0.25, 0.3) is 0 Å². The summed E-state index contributed by atoms with van der Waals surface area (Å²) < 4.78 is 16.0. The number of ether oxygens (including phenoxy) is 3. The Kier molecular flexibility index (Phi) is 7.05. The van der Waals surface area contributed by atoms with Gasteiger partial charge in [0.15, 0.2) is 5.78 Å². The predicted molar refractivity (Wildman–Crippen MR) is 126 cm³/mol. The molecule has 0 aromatic rings. The van der Waals surface area contributed by atoms with Gasteiger partial charge >= 0.3 is 17.9 Å². The summed E-state index contributed by atoms with van der Waals surface area (Å²) in [5.74, 6) is -2.18. The first-order valence-corrected chi connectivity index (χ1v) is 13.2. The van der Waals surface area contributed by atoms with E-state index in [1.54, 1.807) is 0 Å². The third kappa shape index (κ3) is 4.16. The number of Topliss-reactive ketones (excluding diaryl/α,β-unsaturated/α-hetero) is 1. The van der Waals surface area contributed by atoms with Crippen molar-refractivity contribution in [1.82, 2.24) is 0 Å². The summed E-state index contributed by atoms with van der Waals surface area (Å²) in [6, 6.07) is 0. The molecule has 0 heterocycles. The molecule has 0 unspecified atom stereocenters. The first-order chi connectivity index (χ1) is 16.8. The van der Waals surface area contributed by atoms with Crippen molar-refractivity contribution in [3.05, 3.63) is 0 Å². The van der Waals surface area contributed by atoms with Crippen LogP contribution in [0.4, 0.5) is 0 Å². The van der Waals surface area contributed by atoms with Crippen LogP contribution in [0.3, 0.4) is 0 Å². The Hall–Kier alpha value is -2.00. The Labute approximate surface area is 212 Å². The van der Waals surface area contributed by atoms with Crippen molar-refractivity contribution < 1.29 is 43.6 Å². The summed E-state index contributed by atoms with van der Waals surface area (Å²) >= 11 is 0. The average Bonchev–Trinajstić information content (AvgIpc) is 3.06. The van der Waals surface area contributed by atoms with Crippen LogP contribution in [0.15, 0.2) is 0 Å². The third-order valence-corrected chi connectivity index (χ3v) is 10.3. The Morgan fingerprint density at radius 2 is 1.47 bits per heavy atom. The fourth-order valence-electron chi connectivity index (χ4n) is 8.64. The minimum absolute atomic E-state index is 0.0500. The zero-order chi connectivity index (χ0) is 26.5. The molecular weight excluding hydrogens is 468 g/mol. The topological polar surface area (TPSA) is 136 Å². The molecule has 2 N–H and O–H groups in total. The third-order valence-electron chi connectivity index (χ3n) is 10.3. The van der Waals surface area contributed by atoms with Crippen LogP contribution in [-0.2, 0) is 33.4 Å². The summed E-state index contributed by atoms with van der Waals surface area (Å²) in [4.78, 5) is 47.8. The van der Waals surface area contributed by atoms with Crippen molar-refractivity contribution in [2.24, 2.45) is 28.6 Å². The Bertz CT molecular complexity index is 932. The van der Waals surface area contributed by atoms with Crippen molar-refractivity contribution in [3.8, 4) is 0 Å². The van der Waals surface area contributed by atoms with Gasteiger partial charge in [0, 0.05) is 43.9 Å². The maximum absolute atomic E-state index is 13.0. The largest absolute Gasteiger partial charge is 0.465 e. The molecule has 4 aliphatic carbocycles. The number of carbonyl (C=O) groups excluding carboxylic acids is 4. The standard InChI is InChI=1S/C27H40O9/c1-16(28)34-14-23(31)22-8-12-27(33)21-7-11-26(32)13-19(36-18(3)30)5-10-25(26,15-35-17(2)29)20(21)6-9-24(22,27)4/h19-22,32-33H,5-15H2,1-4H3/t19-,20-,21+,22+,24+,25+,26-,27+/m1/s1. The molecule has 9 heteroatoms. The molecule has 202 valence electrons. The first kappa shape index (κ1) is 27.0. The lowest BCUT2D eigenvalue weighted by molar-refractivity contribution is -0.272. The van der Waals surface area contributed by atoms with Crippen LogP contribution in [0.2, 0.25) is 0 Å². The Morgan fingerprint density at radius 3 is 2.11 bits per heavy atom. The van der Waals surface area contributed by atoms with Crippen molar-refractivity contribution in [3.63, 3.8) is 0 Å². The molecule has 0 saturated heterocycles. The maximum atomic E-state index is 13.0. The van der Waals surface area contributed by atoms with Crippen molar-refractivity contribution in [1.29, 1.82) is 0 Å². The number of rotatable bonds is 6. The molecule has 9 nitrogen and oxygen atoms in total. The van der Waals surface area contributed by atoms with Gasteiger partial charge in [-0.15, -0.1) is 0 Å². The lowest BCUT2D eigenvalue weighted by Gasteiger charge is -2.66. The predicted octanol–water partition coefficient (Wildman–Crippen LogP) is 2.48. The molecule has 0 aromatic carbocycles. The molecule has 4 fully saturated rings. The highest BCUT2D eigenvalue weighted by atomic mass is 16.5. The van der Waals surface area contributed by atoms with E-state index in [1.807, 2.05) is 6.92 Å². The second-order valence-electron chi connectivity index (χ2n) is 11.9. The molecule has 0 spiro atoms. The SMILES string of the molecule is CC(=O)OCC(=O)[C@@H]1CC[C@]2(O)[C@H]3CC[C@@]4(O)C[C@H](OC(C)=O)CC[C@]4(COC(C)=O)[C@@H]3CC[C@@]12C. The van der Waals surface area contributed by atoms with Gasteiger partial charge in [-0.3, -0.25) is 19.2 Å². The first-order valence-electron chi connectivity index (χ1n) is 13.2. The van der Waals surface area contributed by atoms with Gasteiger partial charge in [0.05, 0.1) is 17.8 Å². The molecule has 0 aromatic heterocycles. The van der Waals surface area contributed by atoms with E-state index in [4.69, 9.17) is 14.2 Å². The zero-order valence-corrected chi connectivity index (χ0v) is 21.8. The van der Waals surface area contributed by atoms with Gasteiger partial charge in [-0.2, -0.15) is 0 Å². The van der Waals surface area contributed by atoms with Crippen LogP contribution in [0, 0.1) is 28.6 Å². The molecule has 8 atom stereocenters. The fraction of sp³-hybridized carbons (Fsp3) is 0.852. The molecule has 0 aliphatic heterocycles. The quantitative estimate of drug-likeness (QED) is 0.409. The lowest BCUT2D eigenvalue weighted by atomic mass is 9.41. The molecule has 4 aliphatic rings. The summed E-state index contributed by atoms with van der Waals surface area (Å²) in [5.41, 5.74) is -3.76. The van der Waals surface area contributed by atoms with E-state index < -0.39 is 46.0 Å². The highest BCUT2D eigenvalue weighted by Gasteiger charge is 2.72. The van der Waals surface area contributed by atoms with E-state index in [9.17, 15) is 29.4 Å². The highest BCUT2D eigenvalue weighted by Crippen LogP contribution is 2.70. The van der Waals surface area contributed by atoms with Gasteiger partial charge in [-0.05, 0) is 63.2 Å². The van der Waals surface area contributed by atoms with E-state index in [2.05, 4.69) is 0 Å². The highest BCUT2D eigenvalue weighted by molar-refractivity contribution is 5.85. The number of carbonyl (C=O) groups is 4. The summed E-state index contributed by atoms with van der Waals surface area (Å²) in [6.45, 7) is 5.72. The van der Waals surface area contributed by atoms with Crippen molar-refractivity contribution >= 4 is 23.7 Å². The smallest absolute Gasteiger partial charge is 0.303 e. The van der Waals surface area contributed by atoms with Crippen LogP contribution < -0.4 is 0 Å². The van der Waals surface area contributed by atoms with Gasteiger partial charge in [-0.1, -0.05) is 6.92 Å². The molecular formula is C27H40O9. The van der Waals surface area contributed by atoms with Crippen molar-refractivity contribution in [2.45, 2.75) is 103 Å². The molecule has 4 rings (SSSR count). The summed E-state index contributed by atoms with van der Waals surface area (Å²) in [5, 5.41) is 24.3. The van der Waals surface area contributed by atoms with Gasteiger partial charge in [-0.25, -0.2) is 0 Å². The van der Waals surface area contributed by atoms with Crippen LogP contribution in [0.1, 0.15) is 85.5 Å². The summed E-state index contributed by atoms with van der Waals surface area (Å²) in [6.07, 6.45) is 4.10. The lowest BCUT2D eigenvalue weighted by Crippen LogP contribution is -2.69. The fourth-order valence-corrected chi connectivity index (χ4v) is 8.64. The minimum atomic E-state index is -1.20. The monoisotopic (exact) mass is 508 g/mol.